The molecule has 0 bridgehead atoms. The summed E-state index contributed by atoms with van der Waals surface area (Å²) >= 11 is 12.7. The first-order valence-electron chi connectivity index (χ1n) is 10.4. The van der Waals surface area contributed by atoms with Gasteiger partial charge in [0.15, 0.2) is 15.6 Å². The van der Waals surface area contributed by atoms with Gasteiger partial charge < -0.3 is 4.90 Å². The predicted octanol–water partition coefficient (Wildman–Crippen LogP) is 3.84. The number of sulfone groups is 1. The van der Waals surface area contributed by atoms with Gasteiger partial charge in [0, 0.05) is 51.6 Å². The van der Waals surface area contributed by atoms with Crippen LogP contribution in [0.15, 0.2) is 17.0 Å². The summed E-state index contributed by atoms with van der Waals surface area (Å²) < 4.78 is 26.0. The van der Waals surface area contributed by atoms with Crippen molar-refractivity contribution in [3.8, 4) is 0 Å². The molecule has 1 aromatic carbocycles. The van der Waals surface area contributed by atoms with Gasteiger partial charge in [-0.15, -0.1) is 0 Å². The zero-order chi connectivity index (χ0) is 21.9. The highest BCUT2D eigenvalue weighted by Gasteiger charge is 2.32. The Hall–Kier alpha value is -1.15. The van der Waals surface area contributed by atoms with Crippen molar-refractivity contribution in [1.82, 2.24) is 9.80 Å². The van der Waals surface area contributed by atoms with Gasteiger partial charge in [-0.2, -0.15) is 0 Å². The van der Waals surface area contributed by atoms with Crippen LogP contribution in [-0.2, 0) is 14.6 Å². The van der Waals surface area contributed by atoms with Crippen LogP contribution in [0.25, 0.3) is 0 Å². The standard InChI is InChI=1S/C21H28Cl2N2O4S/c1-15(26)25-13-11-24(12-14-25)10-9-18(27)17-7-8-19(21(23)20(17)22)30(28,29)16-5-3-2-4-6-16/h7-8,16H,2-6,9-14H2,1H3. The van der Waals surface area contributed by atoms with Crippen molar-refractivity contribution in [2.24, 2.45) is 0 Å². The Morgan fingerprint density at radius 2 is 1.63 bits per heavy atom. The number of amides is 1. The van der Waals surface area contributed by atoms with Gasteiger partial charge in [-0.3, -0.25) is 14.5 Å². The molecule has 0 spiro atoms. The van der Waals surface area contributed by atoms with E-state index in [1.165, 1.54) is 12.1 Å². The fraction of sp³-hybridized carbons (Fsp3) is 0.619. The molecule has 0 atom stereocenters. The first kappa shape index (κ1) is 23.5. The van der Waals surface area contributed by atoms with E-state index in [0.717, 1.165) is 32.4 Å². The monoisotopic (exact) mass is 474 g/mol. The number of rotatable bonds is 6. The fourth-order valence-corrected chi connectivity index (χ4v) is 6.94. The van der Waals surface area contributed by atoms with Gasteiger partial charge in [0.25, 0.3) is 0 Å². The maximum atomic E-state index is 13.0. The van der Waals surface area contributed by atoms with E-state index in [2.05, 4.69) is 4.90 Å². The number of ketones is 1. The summed E-state index contributed by atoms with van der Waals surface area (Å²) in [7, 11) is -3.57. The van der Waals surface area contributed by atoms with Crippen molar-refractivity contribution in [2.45, 2.75) is 55.6 Å². The van der Waals surface area contributed by atoms with E-state index in [1.807, 2.05) is 0 Å². The van der Waals surface area contributed by atoms with Crippen molar-refractivity contribution in [1.29, 1.82) is 0 Å². The second-order valence-electron chi connectivity index (χ2n) is 8.07. The third kappa shape index (κ3) is 5.18. The van der Waals surface area contributed by atoms with E-state index < -0.39 is 15.1 Å². The number of benzene rings is 1. The highest BCUT2D eigenvalue weighted by molar-refractivity contribution is 7.92. The SMILES string of the molecule is CC(=O)N1CCN(CCC(=O)c2ccc(S(=O)(=O)C3CCCCC3)c(Cl)c2Cl)CC1. The van der Waals surface area contributed by atoms with Crippen LogP contribution < -0.4 is 0 Å². The van der Waals surface area contributed by atoms with E-state index in [0.29, 0.717) is 32.5 Å². The number of carbonyl (C=O) groups is 2. The molecule has 2 fully saturated rings. The van der Waals surface area contributed by atoms with Crippen molar-refractivity contribution in [2.75, 3.05) is 32.7 Å². The summed E-state index contributed by atoms with van der Waals surface area (Å²) in [5.74, 6) is -0.104. The molecule has 1 saturated heterocycles. The Morgan fingerprint density at radius 1 is 1.00 bits per heavy atom. The molecule has 1 saturated carbocycles. The smallest absolute Gasteiger partial charge is 0.219 e. The van der Waals surface area contributed by atoms with Crippen LogP contribution >= 0.6 is 23.2 Å². The number of piperazine rings is 1. The van der Waals surface area contributed by atoms with Gasteiger partial charge in [0.2, 0.25) is 5.91 Å². The van der Waals surface area contributed by atoms with Crippen LogP contribution in [0.2, 0.25) is 10.0 Å². The van der Waals surface area contributed by atoms with Gasteiger partial charge in [-0.25, -0.2) is 8.42 Å². The number of Topliss-reactive ketones (excluding diaryl/α,β-unsaturated/α-hetero) is 1. The van der Waals surface area contributed by atoms with Gasteiger partial charge in [0.05, 0.1) is 20.2 Å². The van der Waals surface area contributed by atoms with Gasteiger partial charge >= 0.3 is 0 Å². The molecule has 1 aliphatic carbocycles. The molecule has 2 aliphatic rings. The second-order valence-corrected chi connectivity index (χ2v) is 11.0. The topological polar surface area (TPSA) is 74.8 Å². The van der Waals surface area contributed by atoms with Crippen LogP contribution in [0.3, 0.4) is 0 Å². The molecule has 1 heterocycles. The molecule has 166 valence electrons. The fourth-order valence-electron chi connectivity index (χ4n) is 4.20. The number of halogens is 2. The Kier molecular flexibility index (Phi) is 7.82. The summed E-state index contributed by atoms with van der Waals surface area (Å²) in [6.07, 6.45) is 4.36. The first-order valence-corrected chi connectivity index (χ1v) is 12.7. The minimum Gasteiger partial charge on any atom is -0.340 e. The summed E-state index contributed by atoms with van der Waals surface area (Å²) in [5.41, 5.74) is 0.256. The largest absolute Gasteiger partial charge is 0.340 e. The number of hydrogen-bond acceptors (Lipinski definition) is 5. The molecule has 1 aliphatic heterocycles. The van der Waals surface area contributed by atoms with E-state index >= 15 is 0 Å². The molecule has 0 aromatic heterocycles. The Morgan fingerprint density at radius 3 is 2.23 bits per heavy atom. The van der Waals surface area contributed by atoms with Crippen LogP contribution in [0.1, 0.15) is 55.8 Å². The molecule has 0 radical (unpaired) electrons. The van der Waals surface area contributed by atoms with Crippen LogP contribution in [-0.4, -0.2) is 67.9 Å². The number of nitrogens with zero attached hydrogens (tertiary/aromatic N) is 2. The molecule has 30 heavy (non-hydrogen) atoms. The first-order chi connectivity index (χ1) is 14.2. The summed E-state index contributed by atoms with van der Waals surface area (Å²) in [6, 6.07) is 2.91. The third-order valence-corrected chi connectivity index (χ3v) is 9.41. The lowest BCUT2D eigenvalue weighted by Gasteiger charge is -2.34. The molecule has 0 N–H and O–H groups in total. The molecule has 6 nitrogen and oxygen atoms in total. The zero-order valence-corrected chi connectivity index (χ0v) is 19.5. The molecule has 9 heteroatoms. The quantitative estimate of drug-likeness (QED) is 0.585. The summed E-state index contributed by atoms with van der Waals surface area (Å²) in [6.45, 7) is 4.87. The van der Waals surface area contributed by atoms with E-state index in [1.54, 1.807) is 11.8 Å². The highest BCUT2D eigenvalue weighted by Crippen LogP contribution is 2.37. The lowest BCUT2D eigenvalue weighted by atomic mass is 10.0. The third-order valence-electron chi connectivity index (χ3n) is 6.12. The van der Waals surface area contributed by atoms with Crippen LogP contribution in [0.4, 0.5) is 0 Å². The lowest BCUT2D eigenvalue weighted by Crippen LogP contribution is -2.48. The average Bonchev–Trinajstić information content (AvgIpc) is 2.74. The van der Waals surface area contributed by atoms with Crippen LogP contribution in [0.5, 0.6) is 0 Å². The molecule has 3 rings (SSSR count). The minimum atomic E-state index is -3.57. The predicted molar refractivity (Wildman–Crippen MR) is 118 cm³/mol. The lowest BCUT2D eigenvalue weighted by molar-refractivity contribution is -0.130. The van der Waals surface area contributed by atoms with Crippen LogP contribution in [0, 0.1) is 0 Å². The summed E-state index contributed by atoms with van der Waals surface area (Å²) in [5, 5.41) is -0.474. The Balaban J connectivity index is 1.66. The maximum Gasteiger partial charge on any atom is 0.219 e. The van der Waals surface area contributed by atoms with Crippen molar-refractivity contribution in [3.05, 3.63) is 27.7 Å². The summed E-state index contributed by atoms with van der Waals surface area (Å²) in [4.78, 5) is 28.1. The number of carbonyl (C=O) groups excluding carboxylic acids is 2. The zero-order valence-electron chi connectivity index (χ0n) is 17.2. The van der Waals surface area contributed by atoms with Gasteiger partial charge in [-0.1, -0.05) is 42.5 Å². The Bertz CT molecular complexity index is 906. The highest BCUT2D eigenvalue weighted by atomic mass is 35.5. The minimum absolute atomic E-state index is 0.0138. The van der Waals surface area contributed by atoms with E-state index in [9.17, 15) is 18.0 Å². The normalized spacial score (nSPS) is 19.1. The van der Waals surface area contributed by atoms with Gasteiger partial charge in [-0.05, 0) is 25.0 Å². The van der Waals surface area contributed by atoms with E-state index in [-0.39, 0.29) is 38.6 Å². The van der Waals surface area contributed by atoms with Crippen molar-refractivity contribution in [3.63, 3.8) is 0 Å². The molecule has 1 aromatic rings. The van der Waals surface area contributed by atoms with Gasteiger partial charge in [0.1, 0.15) is 0 Å². The second kappa shape index (κ2) is 9.98. The van der Waals surface area contributed by atoms with E-state index in [4.69, 9.17) is 23.2 Å². The molecule has 0 unspecified atom stereocenters. The molecular weight excluding hydrogens is 447 g/mol. The molecular formula is C21H28Cl2N2O4S. The maximum absolute atomic E-state index is 13.0. The average molecular weight is 475 g/mol. The van der Waals surface area contributed by atoms with Crippen molar-refractivity contribution >= 4 is 44.7 Å². The number of hydrogen-bond donors (Lipinski definition) is 0. The molecule has 1 amide bonds. The van der Waals surface area contributed by atoms with Crippen molar-refractivity contribution < 1.29 is 18.0 Å². The Labute approximate surface area is 188 Å².